The molecular weight excluding hydrogens is 268 g/mol. The lowest BCUT2D eigenvalue weighted by Gasteiger charge is -1.96. The van der Waals surface area contributed by atoms with Gasteiger partial charge in [-0.25, -0.2) is 0 Å². The molecule has 0 aliphatic heterocycles. The van der Waals surface area contributed by atoms with Gasteiger partial charge in [-0.1, -0.05) is 12.1 Å². The van der Waals surface area contributed by atoms with E-state index in [-0.39, 0.29) is 25.0 Å². The number of benzene rings is 1. The van der Waals surface area contributed by atoms with E-state index in [1.807, 2.05) is 12.1 Å². The second-order valence-corrected chi connectivity index (χ2v) is 3.77. The topological polar surface area (TPSA) is 104 Å². The summed E-state index contributed by atoms with van der Waals surface area (Å²) in [5.74, 6) is -0.400. The number of guanidine groups is 1. The maximum Gasteiger partial charge on any atom is 0.296 e. The van der Waals surface area contributed by atoms with Crippen LogP contribution in [-0.2, 0) is 6.61 Å². The number of H-pyrrole nitrogens is 1. The average molecular weight is 283 g/mol. The Balaban J connectivity index is 0.00000180. The van der Waals surface area contributed by atoms with E-state index in [0.717, 1.165) is 16.5 Å². The second kappa shape index (κ2) is 6.21. The first kappa shape index (κ1) is 15.0. The van der Waals surface area contributed by atoms with Gasteiger partial charge in [-0.3, -0.25) is 4.79 Å². The molecule has 0 spiro atoms. The standard InChI is InChI=1S/C12H14N4O2.ClH/c1-14-12(13)16-11(18)10-5-8-7(6-17)3-2-4-9(8)15-10;/h2-5,15,17H,6H2,1H3,(H3,13,14,16,18);1H. The molecule has 0 saturated carbocycles. The predicted octanol–water partition coefficient (Wildman–Crippen LogP) is 0.756. The van der Waals surface area contributed by atoms with Crippen molar-refractivity contribution >= 4 is 35.2 Å². The van der Waals surface area contributed by atoms with Crippen LogP contribution in [0.2, 0.25) is 0 Å². The van der Waals surface area contributed by atoms with Crippen molar-refractivity contribution in [1.82, 2.24) is 10.3 Å². The highest BCUT2D eigenvalue weighted by Gasteiger charge is 2.10. The van der Waals surface area contributed by atoms with E-state index in [1.54, 1.807) is 19.2 Å². The number of aliphatic hydroxyl groups excluding tert-OH is 1. The van der Waals surface area contributed by atoms with E-state index in [2.05, 4.69) is 15.3 Å². The molecule has 1 aromatic carbocycles. The first-order valence-corrected chi connectivity index (χ1v) is 5.43. The van der Waals surface area contributed by atoms with Crippen molar-refractivity contribution in [2.75, 3.05) is 7.05 Å². The molecule has 0 saturated heterocycles. The van der Waals surface area contributed by atoms with E-state index in [9.17, 15) is 9.90 Å². The third-order valence-corrected chi connectivity index (χ3v) is 2.63. The molecule has 0 aliphatic carbocycles. The molecule has 1 aromatic heterocycles. The van der Waals surface area contributed by atoms with Crippen molar-refractivity contribution in [3.8, 4) is 0 Å². The number of aliphatic imine (C=N–C) groups is 1. The molecule has 0 atom stereocenters. The highest BCUT2D eigenvalue weighted by atomic mass is 35.5. The number of fused-ring (bicyclic) bond motifs is 1. The number of halogens is 1. The zero-order chi connectivity index (χ0) is 13.1. The van der Waals surface area contributed by atoms with Gasteiger partial charge in [0.05, 0.1) is 6.61 Å². The molecule has 1 amide bonds. The van der Waals surface area contributed by atoms with Gasteiger partial charge < -0.3 is 21.1 Å². The van der Waals surface area contributed by atoms with Crippen LogP contribution in [-0.4, -0.2) is 29.0 Å². The van der Waals surface area contributed by atoms with Crippen LogP contribution in [0.25, 0.3) is 10.9 Å². The molecule has 6 nitrogen and oxygen atoms in total. The monoisotopic (exact) mass is 282 g/mol. The fourth-order valence-electron chi connectivity index (χ4n) is 1.70. The van der Waals surface area contributed by atoms with Gasteiger partial charge >= 0.3 is 0 Å². The minimum Gasteiger partial charge on any atom is -0.392 e. The number of nitrogens with two attached hydrogens (primary N) is 1. The summed E-state index contributed by atoms with van der Waals surface area (Å²) in [5, 5.41) is 12.6. The molecule has 7 heteroatoms. The number of nitrogens with zero attached hydrogens (tertiary/aromatic N) is 1. The zero-order valence-electron chi connectivity index (χ0n) is 10.3. The molecular formula is C12H15ClN4O2. The van der Waals surface area contributed by atoms with Gasteiger partial charge in [-0.05, 0) is 17.7 Å². The minimum absolute atomic E-state index is 0. The van der Waals surface area contributed by atoms with Crippen LogP contribution < -0.4 is 11.1 Å². The van der Waals surface area contributed by atoms with Crippen molar-refractivity contribution in [1.29, 1.82) is 0 Å². The van der Waals surface area contributed by atoms with Gasteiger partial charge in [0.2, 0.25) is 0 Å². The number of rotatable bonds is 2. The van der Waals surface area contributed by atoms with E-state index in [4.69, 9.17) is 5.73 Å². The normalized spacial score (nSPS) is 11.2. The van der Waals surface area contributed by atoms with Gasteiger partial charge in [0.25, 0.3) is 5.91 Å². The molecule has 0 radical (unpaired) electrons. The van der Waals surface area contributed by atoms with Gasteiger partial charge in [-0.15, -0.1) is 12.4 Å². The lowest BCUT2D eigenvalue weighted by molar-refractivity contribution is 0.0998. The second-order valence-electron chi connectivity index (χ2n) is 3.77. The van der Waals surface area contributed by atoms with E-state index >= 15 is 0 Å². The molecule has 0 fully saturated rings. The average Bonchev–Trinajstić information content (AvgIpc) is 2.82. The summed E-state index contributed by atoms with van der Waals surface area (Å²) in [6.07, 6.45) is 0. The first-order valence-electron chi connectivity index (χ1n) is 5.43. The third kappa shape index (κ3) is 3.04. The van der Waals surface area contributed by atoms with Crippen molar-refractivity contribution < 1.29 is 9.90 Å². The fourth-order valence-corrected chi connectivity index (χ4v) is 1.70. The van der Waals surface area contributed by atoms with Gasteiger partial charge in [-0.2, -0.15) is 4.99 Å². The molecule has 5 N–H and O–H groups in total. The Bertz CT molecular complexity index is 621. The van der Waals surface area contributed by atoms with Crippen LogP contribution in [0.3, 0.4) is 0 Å². The molecule has 0 unspecified atom stereocenters. The Morgan fingerprint density at radius 2 is 2.26 bits per heavy atom. The Morgan fingerprint density at radius 1 is 1.53 bits per heavy atom. The van der Waals surface area contributed by atoms with Crippen LogP contribution in [0.5, 0.6) is 0 Å². The minimum atomic E-state index is -0.457. The molecule has 2 aromatic rings. The largest absolute Gasteiger partial charge is 0.392 e. The van der Waals surface area contributed by atoms with Crippen molar-refractivity contribution in [3.63, 3.8) is 0 Å². The Morgan fingerprint density at radius 3 is 2.89 bits per heavy atom. The number of amides is 1. The van der Waals surface area contributed by atoms with E-state index in [1.165, 1.54) is 0 Å². The molecule has 102 valence electrons. The van der Waals surface area contributed by atoms with Crippen molar-refractivity contribution in [3.05, 3.63) is 35.5 Å². The molecule has 1 heterocycles. The molecule has 19 heavy (non-hydrogen) atoms. The molecule has 0 aliphatic rings. The van der Waals surface area contributed by atoms with Crippen LogP contribution in [0.4, 0.5) is 0 Å². The summed E-state index contributed by atoms with van der Waals surface area (Å²) >= 11 is 0. The Hall–Kier alpha value is -2.05. The number of nitrogens with one attached hydrogen (secondary N) is 2. The highest BCUT2D eigenvalue weighted by Crippen LogP contribution is 2.20. The fraction of sp³-hybridized carbons (Fsp3) is 0.167. The summed E-state index contributed by atoms with van der Waals surface area (Å²) in [7, 11) is 1.58. The Kier molecular flexibility index (Phi) is 4.91. The molecule has 2 rings (SSSR count). The maximum absolute atomic E-state index is 11.8. The number of hydrogen-bond donors (Lipinski definition) is 4. The molecule has 0 bridgehead atoms. The number of hydrogen-bond acceptors (Lipinski definition) is 2. The summed E-state index contributed by atoms with van der Waals surface area (Å²) in [5.41, 5.74) is 7.30. The number of carbonyl (C=O) groups is 1. The summed E-state index contributed by atoms with van der Waals surface area (Å²) in [4.78, 5) is 18.4. The Labute approximate surface area is 116 Å². The van der Waals surface area contributed by atoms with Gasteiger partial charge in [0.15, 0.2) is 5.96 Å². The number of aromatic amines is 1. The number of aromatic nitrogens is 1. The van der Waals surface area contributed by atoms with Crippen LogP contribution in [0.15, 0.2) is 29.3 Å². The van der Waals surface area contributed by atoms with Crippen molar-refractivity contribution in [2.24, 2.45) is 10.7 Å². The summed E-state index contributed by atoms with van der Waals surface area (Å²) in [6.45, 7) is -0.0786. The summed E-state index contributed by atoms with van der Waals surface area (Å²) < 4.78 is 0. The van der Waals surface area contributed by atoms with Crippen molar-refractivity contribution in [2.45, 2.75) is 6.61 Å². The number of aliphatic hydroxyl groups is 1. The highest BCUT2D eigenvalue weighted by molar-refractivity contribution is 6.04. The van der Waals surface area contributed by atoms with Crippen LogP contribution in [0, 0.1) is 0 Å². The lowest BCUT2D eigenvalue weighted by atomic mass is 10.1. The van der Waals surface area contributed by atoms with Gasteiger partial charge in [0.1, 0.15) is 5.69 Å². The smallest absolute Gasteiger partial charge is 0.296 e. The predicted molar refractivity (Wildman–Crippen MR) is 76.5 cm³/mol. The third-order valence-electron chi connectivity index (χ3n) is 2.63. The van der Waals surface area contributed by atoms with Crippen LogP contribution in [0.1, 0.15) is 16.1 Å². The maximum atomic E-state index is 11.8. The quantitative estimate of drug-likeness (QED) is 0.482. The first-order chi connectivity index (χ1) is 8.65. The summed E-state index contributed by atoms with van der Waals surface area (Å²) in [6, 6.07) is 7.10. The number of carbonyl (C=O) groups excluding carboxylic acids is 1. The lowest BCUT2D eigenvalue weighted by Crippen LogP contribution is -2.28. The zero-order valence-corrected chi connectivity index (χ0v) is 11.1. The van der Waals surface area contributed by atoms with E-state index < -0.39 is 5.91 Å². The van der Waals surface area contributed by atoms with E-state index in [0.29, 0.717) is 5.69 Å². The van der Waals surface area contributed by atoms with Crippen LogP contribution >= 0.6 is 12.4 Å². The SMILES string of the molecule is CNC(N)=NC(=O)c1cc2c(CO)cccc2[nH]1.Cl. The van der Waals surface area contributed by atoms with Gasteiger partial charge in [0, 0.05) is 18.0 Å².